The average Bonchev–Trinajstić information content (AvgIpc) is 3.33. The Morgan fingerprint density at radius 2 is 2.00 bits per heavy atom. The van der Waals surface area contributed by atoms with Crippen LogP contribution in [0.2, 0.25) is 0 Å². The van der Waals surface area contributed by atoms with Crippen molar-refractivity contribution in [3.8, 4) is 0 Å². The van der Waals surface area contributed by atoms with Crippen molar-refractivity contribution in [3.05, 3.63) is 28.3 Å². The molecule has 2 aromatic heterocycles. The van der Waals surface area contributed by atoms with Crippen molar-refractivity contribution in [1.82, 2.24) is 19.4 Å². The maximum Gasteiger partial charge on any atom is 0.337 e. The van der Waals surface area contributed by atoms with E-state index in [1.807, 2.05) is 0 Å². The predicted octanol–water partition coefficient (Wildman–Crippen LogP) is 1.70. The van der Waals surface area contributed by atoms with Crippen LogP contribution < -0.4 is 11.0 Å². The summed E-state index contributed by atoms with van der Waals surface area (Å²) in [5.74, 6) is -1.42. The Morgan fingerprint density at radius 3 is 2.69 bits per heavy atom. The van der Waals surface area contributed by atoms with Crippen molar-refractivity contribution in [1.29, 1.82) is 0 Å². The SMILES string of the molecule is O=C(Cn1c(=O)n(C2CCCCC2)c2ncc(C(=O)O)cc21)NC[C@H]1CCCO1. The predicted molar refractivity (Wildman–Crippen MR) is 105 cm³/mol. The van der Waals surface area contributed by atoms with E-state index >= 15 is 0 Å². The second kappa shape index (κ2) is 8.36. The molecule has 0 aromatic carbocycles. The Hall–Kier alpha value is -2.68. The molecule has 3 heterocycles. The maximum absolute atomic E-state index is 13.2. The van der Waals surface area contributed by atoms with Crippen LogP contribution in [0, 0.1) is 0 Å². The Balaban J connectivity index is 1.66. The van der Waals surface area contributed by atoms with Gasteiger partial charge in [-0.2, -0.15) is 0 Å². The van der Waals surface area contributed by atoms with Gasteiger partial charge in [0.25, 0.3) is 0 Å². The number of hydrogen-bond donors (Lipinski definition) is 2. The molecule has 1 amide bonds. The zero-order chi connectivity index (χ0) is 20.4. The van der Waals surface area contributed by atoms with Gasteiger partial charge in [0.2, 0.25) is 5.91 Å². The summed E-state index contributed by atoms with van der Waals surface area (Å²) >= 11 is 0. The largest absolute Gasteiger partial charge is 0.478 e. The molecule has 9 heteroatoms. The fraction of sp³-hybridized carbons (Fsp3) is 0.600. The zero-order valence-corrected chi connectivity index (χ0v) is 16.3. The standard InChI is InChI=1S/C20H26N4O5/c25-17(21-11-15-7-4-8-29-15)12-23-16-9-13(19(26)27)10-22-18(16)24(20(23)28)14-5-2-1-3-6-14/h9-10,14-15H,1-8,11-12H2,(H,21,25)(H,26,27)/t15-/m1/s1. The second-order valence-electron chi connectivity index (χ2n) is 7.84. The Labute approximate surface area is 167 Å². The number of aromatic carboxylic acids is 1. The van der Waals surface area contributed by atoms with Crippen LogP contribution in [-0.4, -0.2) is 50.4 Å². The summed E-state index contributed by atoms with van der Waals surface area (Å²) in [5.41, 5.74) is 0.507. The van der Waals surface area contributed by atoms with Crippen LogP contribution in [0.1, 0.15) is 61.3 Å². The number of pyridine rings is 1. The highest BCUT2D eigenvalue weighted by atomic mass is 16.5. The van der Waals surface area contributed by atoms with Crippen LogP contribution >= 0.6 is 0 Å². The number of fused-ring (bicyclic) bond motifs is 1. The highest BCUT2D eigenvalue weighted by molar-refractivity contribution is 5.91. The van der Waals surface area contributed by atoms with E-state index in [2.05, 4.69) is 10.3 Å². The first kappa shape index (κ1) is 19.6. The van der Waals surface area contributed by atoms with Crippen molar-refractivity contribution in [3.63, 3.8) is 0 Å². The summed E-state index contributed by atoms with van der Waals surface area (Å²) in [4.78, 5) is 41.4. The average molecular weight is 402 g/mol. The smallest absolute Gasteiger partial charge is 0.337 e. The third-order valence-corrected chi connectivity index (χ3v) is 5.84. The van der Waals surface area contributed by atoms with E-state index in [0.717, 1.165) is 44.9 Å². The minimum atomic E-state index is -1.12. The summed E-state index contributed by atoms with van der Waals surface area (Å²) in [6.45, 7) is 0.943. The lowest BCUT2D eigenvalue weighted by Gasteiger charge is -2.22. The van der Waals surface area contributed by atoms with Gasteiger partial charge in [-0.3, -0.25) is 13.9 Å². The van der Waals surface area contributed by atoms with E-state index in [0.29, 0.717) is 24.3 Å². The lowest BCUT2D eigenvalue weighted by Crippen LogP contribution is -2.37. The molecule has 0 bridgehead atoms. The van der Waals surface area contributed by atoms with Crippen LogP contribution in [0.5, 0.6) is 0 Å². The number of carbonyl (C=O) groups is 2. The minimum absolute atomic E-state index is 0.00759. The summed E-state index contributed by atoms with van der Waals surface area (Å²) in [5, 5.41) is 12.1. The number of ether oxygens (including phenoxy) is 1. The van der Waals surface area contributed by atoms with Gasteiger partial charge in [0.1, 0.15) is 6.54 Å². The molecule has 2 fully saturated rings. The third kappa shape index (κ3) is 4.05. The summed E-state index contributed by atoms with van der Waals surface area (Å²) < 4.78 is 8.50. The Morgan fingerprint density at radius 1 is 1.21 bits per heavy atom. The molecule has 2 N–H and O–H groups in total. The summed E-state index contributed by atoms with van der Waals surface area (Å²) in [6, 6.07) is 1.46. The molecule has 0 unspecified atom stereocenters. The topological polar surface area (TPSA) is 115 Å². The lowest BCUT2D eigenvalue weighted by molar-refractivity contribution is -0.122. The highest BCUT2D eigenvalue weighted by Crippen LogP contribution is 2.29. The van der Waals surface area contributed by atoms with E-state index in [1.54, 1.807) is 4.57 Å². The van der Waals surface area contributed by atoms with Gasteiger partial charge in [-0.05, 0) is 31.7 Å². The van der Waals surface area contributed by atoms with Crippen LogP contribution in [0.15, 0.2) is 17.1 Å². The van der Waals surface area contributed by atoms with Crippen LogP contribution in [0.4, 0.5) is 0 Å². The molecular formula is C20H26N4O5. The van der Waals surface area contributed by atoms with Gasteiger partial charge in [-0.25, -0.2) is 14.6 Å². The number of hydrogen-bond acceptors (Lipinski definition) is 5. The zero-order valence-electron chi connectivity index (χ0n) is 16.3. The van der Waals surface area contributed by atoms with Crippen molar-refractivity contribution in [2.75, 3.05) is 13.2 Å². The van der Waals surface area contributed by atoms with Gasteiger partial charge >= 0.3 is 11.7 Å². The van der Waals surface area contributed by atoms with E-state index in [4.69, 9.17) is 4.74 Å². The monoisotopic (exact) mass is 402 g/mol. The van der Waals surface area contributed by atoms with Crippen LogP contribution in [-0.2, 0) is 16.1 Å². The molecule has 1 saturated heterocycles. The van der Waals surface area contributed by atoms with E-state index in [9.17, 15) is 19.5 Å². The fourth-order valence-corrected chi connectivity index (χ4v) is 4.32. The minimum Gasteiger partial charge on any atom is -0.478 e. The van der Waals surface area contributed by atoms with E-state index < -0.39 is 5.97 Å². The number of carboxylic acids is 1. The number of amides is 1. The fourth-order valence-electron chi connectivity index (χ4n) is 4.32. The molecule has 1 aliphatic carbocycles. The lowest BCUT2D eigenvalue weighted by atomic mass is 9.95. The molecule has 2 aliphatic rings. The van der Waals surface area contributed by atoms with Crippen molar-refractivity contribution < 1.29 is 19.4 Å². The molecule has 29 heavy (non-hydrogen) atoms. The van der Waals surface area contributed by atoms with Crippen molar-refractivity contribution >= 4 is 23.0 Å². The normalized spacial score (nSPS) is 20.2. The summed E-state index contributed by atoms with van der Waals surface area (Å²) in [7, 11) is 0. The second-order valence-corrected chi connectivity index (χ2v) is 7.84. The molecule has 9 nitrogen and oxygen atoms in total. The number of carbonyl (C=O) groups excluding carboxylic acids is 1. The van der Waals surface area contributed by atoms with Crippen LogP contribution in [0.25, 0.3) is 11.2 Å². The van der Waals surface area contributed by atoms with Gasteiger partial charge in [0, 0.05) is 25.4 Å². The number of rotatable bonds is 6. The summed E-state index contributed by atoms with van der Waals surface area (Å²) in [6.07, 6.45) is 8.17. The first-order valence-corrected chi connectivity index (χ1v) is 10.3. The molecule has 1 atom stereocenters. The molecule has 0 radical (unpaired) electrons. The molecule has 1 saturated carbocycles. The highest BCUT2D eigenvalue weighted by Gasteiger charge is 2.25. The van der Waals surface area contributed by atoms with E-state index in [1.165, 1.54) is 16.8 Å². The van der Waals surface area contributed by atoms with Gasteiger partial charge in [-0.15, -0.1) is 0 Å². The molecule has 156 valence electrons. The van der Waals surface area contributed by atoms with Gasteiger partial charge in [-0.1, -0.05) is 19.3 Å². The van der Waals surface area contributed by atoms with Gasteiger partial charge < -0.3 is 15.2 Å². The van der Waals surface area contributed by atoms with Crippen molar-refractivity contribution in [2.45, 2.75) is 63.6 Å². The number of nitrogens with zero attached hydrogens (tertiary/aromatic N) is 3. The molecule has 2 aromatic rings. The number of imidazole rings is 1. The van der Waals surface area contributed by atoms with Gasteiger partial charge in [0.05, 0.1) is 17.2 Å². The third-order valence-electron chi connectivity index (χ3n) is 5.84. The van der Waals surface area contributed by atoms with Crippen molar-refractivity contribution in [2.24, 2.45) is 0 Å². The maximum atomic E-state index is 13.2. The Bertz CT molecular complexity index is 967. The number of aromatic nitrogens is 3. The van der Waals surface area contributed by atoms with Gasteiger partial charge in [0.15, 0.2) is 5.65 Å². The number of carboxylic acid groups (broad SMARTS) is 1. The van der Waals surface area contributed by atoms with Crippen LogP contribution in [0.3, 0.4) is 0 Å². The first-order valence-electron chi connectivity index (χ1n) is 10.3. The molecule has 4 rings (SSSR count). The quantitative estimate of drug-likeness (QED) is 0.760. The van der Waals surface area contributed by atoms with E-state index in [-0.39, 0.29) is 35.9 Å². The molecule has 0 spiro atoms. The first-order chi connectivity index (χ1) is 14.0. The Kier molecular flexibility index (Phi) is 5.66. The molecule has 1 aliphatic heterocycles. The number of nitrogens with one attached hydrogen (secondary N) is 1. The molecular weight excluding hydrogens is 376 g/mol.